The number of hydrogen-bond donors (Lipinski definition) is 0. The van der Waals surface area contributed by atoms with E-state index >= 15 is 0 Å². The van der Waals surface area contributed by atoms with Gasteiger partial charge in [0.1, 0.15) is 17.2 Å². The number of ketones is 1. The highest BCUT2D eigenvalue weighted by Crippen LogP contribution is 2.36. The van der Waals surface area contributed by atoms with E-state index in [1.54, 1.807) is 49.7 Å². The van der Waals surface area contributed by atoms with Gasteiger partial charge in [-0.15, -0.1) is 0 Å². The average Bonchev–Trinajstić information content (AvgIpc) is 3.03. The van der Waals surface area contributed by atoms with Crippen molar-refractivity contribution in [2.75, 3.05) is 7.11 Å². The highest BCUT2D eigenvalue weighted by Gasteiger charge is 2.28. The number of benzene rings is 2. The summed E-state index contributed by atoms with van der Waals surface area (Å²) < 4.78 is 17.3. The van der Waals surface area contributed by atoms with Crippen molar-refractivity contribution in [3.8, 4) is 17.2 Å². The number of rotatable bonds is 4. The second-order valence-electron chi connectivity index (χ2n) is 6.12. The topological polar surface area (TPSA) is 74.7 Å². The van der Waals surface area contributed by atoms with E-state index in [0.29, 0.717) is 28.2 Å². The fourth-order valence-electron chi connectivity index (χ4n) is 2.84. The molecule has 3 aromatic rings. The Morgan fingerprint density at radius 2 is 2.03 bits per heavy atom. The Balaban J connectivity index is 1.59. The summed E-state index contributed by atoms with van der Waals surface area (Å²) in [6, 6.07) is 13.4. The fourth-order valence-corrected chi connectivity index (χ4v) is 3.22. The number of Topliss-reactive ketones (excluding diaryl/α,β-unsaturated/α-hetero) is 1. The van der Waals surface area contributed by atoms with Crippen LogP contribution in [0.5, 0.6) is 17.2 Å². The van der Waals surface area contributed by atoms with E-state index in [-0.39, 0.29) is 17.3 Å². The van der Waals surface area contributed by atoms with Crippen molar-refractivity contribution < 1.29 is 23.8 Å². The van der Waals surface area contributed by atoms with Gasteiger partial charge in [-0.25, -0.2) is 4.79 Å². The van der Waals surface area contributed by atoms with Crippen LogP contribution in [0.1, 0.15) is 26.3 Å². The van der Waals surface area contributed by atoms with Crippen LogP contribution >= 0.6 is 15.9 Å². The molecule has 1 aliphatic rings. The lowest BCUT2D eigenvalue weighted by Crippen LogP contribution is -2.08. The third-order valence-corrected chi connectivity index (χ3v) is 4.72. The lowest BCUT2D eigenvalue weighted by molar-refractivity contribution is 0.0734. The molecule has 1 aliphatic heterocycles. The molecule has 0 aliphatic carbocycles. The molecule has 0 saturated carbocycles. The van der Waals surface area contributed by atoms with Crippen LogP contribution in [-0.2, 0) is 0 Å². The smallest absolute Gasteiger partial charge is 0.345 e. The van der Waals surface area contributed by atoms with Crippen LogP contribution in [0.25, 0.3) is 6.08 Å². The lowest BCUT2D eigenvalue weighted by atomic mass is 10.1. The molecule has 0 saturated heterocycles. The van der Waals surface area contributed by atoms with Crippen molar-refractivity contribution in [1.82, 2.24) is 4.98 Å². The van der Waals surface area contributed by atoms with Gasteiger partial charge in [0.05, 0.1) is 18.2 Å². The number of allylic oxidation sites excluding steroid dienone is 1. The molecule has 1 aromatic heterocycles. The van der Waals surface area contributed by atoms with Crippen molar-refractivity contribution in [3.63, 3.8) is 0 Å². The van der Waals surface area contributed by atoms with Crippen molar-refractivity contribution in [2.45, 2.75) is 0 Å². The Hall–Kier alpha value is -3.45. The molecule has 0 atom stereocenters. The molecule has 2 heterocycles. The molecule has 29 heavy (non-hydrogen) atoms. The summed E-state index contributed by atoms with van der Waals surface area (Å²) in [6.45, 7) is 0. The number of halogens is 1. The van der Waals surface area contributed by atoms with Crippen LogP contribution in [0.2, 0.25) is 0 Å². The Labute approximate surface area is 174 Å². The number of carbonyl (C=O) groups is 2. The SMILES string of the molecule is COc1ccc(Br)cc1/C=C1\Oc2cc(OC(=O)c3cccnc3)ccc2C1=O. The summed E-state index contributed by atoms with van der Waals surface area (Å²) in [7, 11) is 1.56. The number of methoxy groups -OCH3 is 1. The summed E-state index contributed by atoms with van der Waals surface area (Å²) in [5, 5.41) is 0. The molecule has 7 heteroatoms. The quantitative estimate of drug-likeness (QED) is 0.325. The minimum atomic E-state index is -0.544. The van der Waals surface area contributed by atoms with Crippen LogP contribution in [0, 0.1) is 0 Å². The number of pyridine rings is 1. The second kappa shape index (κ2) is 7.89. The molecule has 0 unspecified atom stereocenters. The molecule has 0 spiro atoms. The van der Waals surface area contributed by atoms with E-state index in [0.717, 1.165) is 4.47 Å². The standard InChI is InChI=1S/C22H14BrNO5/c1-27-18-7-4-15(23)9-14(18)10-20-21(25)17-6-5-16(11-19(17)29-20)28-22(26)13-3-2-8-24-12-13/h2-12H,1H3/b20-10-. The normalized spacial score (nSPS) is 13.7. The maximum Gasteiger partial charge on any atom is 0.345 e. The van der Waals surface area contributed by atoms with Crippen LogP contribution in [0.3, 0.4) is 0 Å². The molecule has 0 bridgehead atoms. The number of hydrogen-bond acceptors (Lipinski definition) is 6. The van der Waals surface area contributed by atoms with Crippen molar-refractivity contribution in [1.29, 1.82) is 0 Å². The molecular formula is C22H14BrNO5. The highest BCUT2D eigenvalue weighted by molar-refractivity contribution is 9.10. The fraction of sp³-hybridized carbons (Fsp3) is 0.0455. The second-order valence-corrected chi connectivity index (χ2v) is 7.03. The van der Waals surface area contributed by atoms with Gasteiger partial charge in [-0.05, 0) is 48.5 Å². The number of aromatic nitrogens is 1. The molecule has 4 rings (SSSR count). The van der Waals surface area contributed by atoms with Crippen molar-refractivity contribution >= 4 is 33.8 Å². The number of esters is 1. The maximum absolute atomic E-state index is 12.7. The Kier molecular flexibility index (Phi) is 5.14. The van der Waals surface area contributed by atoms with E-state index in [2.05, 4.69) is 20.9 Å². The van der Waals surface area contributed by atoms with Crippen molar-refractivity contribution in [3.05, 3.63) is 87.8 Å². The summed E-state index contributed by atoms with van der Waals surface area (Å²) >= 11 is 3.41. The number of carbonyl (C=O) groups excluding carboxylic acids is 2. The molecular weight excluding hydrogens is 438 g/mol. The molecule has 6 nitrogen and oxygen atoms in total. The number of fused-ring (bicyclic) bond motifs is 1. The van der Waals surface area contributed by atoms with Gasteiger partial charge in [-0.1, -0.05) is 15.9 Å². The zero-order chi connectivity index (χ0) is 20.4. The Morgan fingerprint density at radius 1 is 1.17 bits per heavy atom. The largest absolute Gasteiger partial charge is 0.496 e. The summed E-state index contributed by atoms with van der Waals surface area (Å²) in [5.74, 6) is 0.564. The van der Waals surface area contributed by atoms with Gasteiger partial charge in [-0.3, -0.25) is 9.78 Å². The van der Waals surface area contributed by atoms with Gasteiger partial charge in [0, 0.05) is 28.5 Å². The molecule has 0 amide bonds. The van der Waals surface area contributed by atoms with Gasteiger partial charge >= 0.3 is 5.97 Å². The van der Waals surface area contributed by atoms with Crippen molar-refractivity contribution in [2.24, 2.45) is 0 Å². The predicted octanol–water partition coefficient (Wildman–Crippen LogP) is 4.69. The first-order chi connectivity index (χ1) is 14.0. The van der Waals surface area contributed by atoms with E-state index in [1.165, 1.54) is 12.3 Å². The average molecular weight is 452 g/mol. The third kappa shape index (κ3) is 3.90. The van der Waals surface area contributed by atoms with Crippen LogP contribution in [0.15, 0.2) is 71.2 Å². The lowest BCUT2D eigenvalue weighted by Gasteiger charge is -2.06. The molecule has 2 aromatic carbocycles. The van der Waals surface area contributed by atoms with Gasteiger partial charge < -0.3 is 14.2 Å². The molecule has 0 N–H and O–H groups in total. The third-order valence-electron chi connectivity index (χ3n) is 4.23. The minimum Gasteiger partial charge on any atom is -0.496 e. The van der Waals surface area contributed by atoms with Gasteiger partial charge in [0.15, 0.2) is 5.76 Å². The molecule has 0 fully saturated rings. The Morgan fingerprint density at radius 3 is 2.79 bits per heavy atom. The zero-order valence-electron chi connectivity index (χ0n) is 15.2. The van der Waals surface area contributed by atoms with Gasteiger partial charge in [-0.2, -0.15) is 0 Å². The zero-order valence-corrected chi connectivity index (χ0v) is 16.8. The molecule has 144 valence electrons. The summed E-state index contributed by atoms with van der Waals surface area (Å²) in [4.78, 5) is 28.8. The van der Waals surface area contributed by atoms with Gasteiger partial charge in [0.2, 0.25) is 5.78 Å². The van der Waals surface area contributed by atoms with E-state index < -0.39 is 5.97 Å². The van der Waals surface area contributed by atoms with Gasteiger partial charge in [0.25, 0.3) is 0 Å². The summed E-state index contributed by atoms with van der Waals surface area (Å²) in [5.41, 5.74) is 1.42. The first-order valence-electron chi connectivity index (χ1n) is 8.59. The highest BCUT2D eigenvalue weighted by atomic mass is 79.9. The monoisotopic (exact) mass is 451 g/mol. The number of nitrogens with zero attached hydrogens (tertiary/aromatic N) is 1. The van der Waals surface area contributed by atoms with E-state index in [4.69, 9.17) is 14.2 Å². The first-order valence-corrected chi connectivity index (χ1v) is 9.38. The maximum atomic E-state index is 12.7. The molecule has 0 radical (unpaired) electrons. The minimum absolute atomic E-state index is 0.159. The Bertz CT molecular complexity index is 1140. The van der Waals surface area contributed by atoms with E-state index in [1.807, 2.05) is 12.1 Å². The number of ether oxygens (including phenoxy) is 3. The van der Waals surface area contributed by atoms with Crippen LogP contribution in [0.4, 0.5) is 0 Å². The summed E-state index contributed by atoms with van der Waals surface area (Å²) in [6.07, 6.45) is 4.61. The predicted molar refractivity (Wildman–Crippen MR) is 109 cm³/mol. The van der Waals surface area contributed by atoms with Crippen LogP contribution in [-0.4, -0.2) is 23.8 Å². The first kappa shape index (κ1) is 18.9. The van der Waals surface area contributed by atoms with Crippen LogP contribution < -0.4 is 14.2 Å². The van der Waals surface area contributed by atoms with E-state index in [9.17, 15) is 9.59 Å².